The highest BCUT2D eigenvalue weighted by atomic mass is 32.2. The molecule has 1 heterocycles. The smallest absolute Gasteiger partial charge is 0.351 e. The van der Waals surface area contributed by atoms with Gasteiger partial charge in [0.15, 0.2) is 4.34 Å². The highest BCUT2D eigenvalue weighted by Crippen LogP contribution is 2.27. The molecule has 0 spiro atoms. The van der Waals surface area contributed by atoms with E-state index in [0.29, 0.717) is 10.3 Å². The van der Waals surface area contributed by atoms with Gasteiger partial charge >= 0.3 is 6.18 Å². The minimum absolute atomic E-state index is 0.0807. The monoisotopic (exact) mass is 418 g/mol. The van der Waals surface area contributed by atoms with Crippen molar-refractivity contribution < 1.29 is 18.0 Å². The minimum atomic E-state index is -4.32. The topological polar surface area (TPSA) is 66.9 Å². The number of anilines is 1. The van der Waals surface area contributed by atoms with Crippen LogP contribution in [-0.2, 0) is 4.79 Å². The molecule has 0 radical (unpaired) electrons. The number of aromatic nitrogens is 2. The Balaban J connectivity index is 1.86. The molecule has 0 aliphatic rings. The fourth-order valence-corrected chi connectivity index (χ4v) is 3.87. The number of amides is 1. The highest BCUT2D eigenvalue weighted by Gasteiger charge is 2.27. The second-order valence-electron chi connectivity index (χ2n) is 6.29. The number of nitrogens with one attached hydrogen (secondary N) is 2. The molecule has 1 amide bonds. The maximum Gasteiger partial charge on any atom is 0.405 e. The number of hydrogen-bond acceptors (Lipinski definition) is 6. The Morgan fingerprint density at radius 1 is 1.22 bits per heavy atom. The van der Waals surface area contributed by atoms with Crippen molar-refractivity contribution in [2.75, 3.05) is 17.6 Å². The van der Waals surface area contributed by atoms with Crippen LogP contribution in [0.2, 0.25) is 0 Å². The Hall–Kier alpha value is -1.81. The van der Waals surface area contributed by atoms with Crippen LogP contribution in [0.25, 0.3) is 0 Å². The van der Waals surface area contributed by atoms with E-state index in [4.69, 9.17) is 0 Å². The average molecular weight is 419 g/mol. The zero-order valence-corrected chi connectivity index (χ0v) is 16.5. The van der Waals surface area contributed by atoms with E-state index in [1.807, 2.05) is 30.3 Å². The molecule has 0 aliphatic carbocycles. The second kappa shape index (κ2) is 9.93. The molecule has 5 nitrogen and oxygen atoms in total. The summed E-state index contributed by atoms with van der Waals surface area (Å²) >= 11 is 2.14. The van der Waals surface area contributed by atoms with Crippen molar-refractivity contribution in [1.82, 2.24) is 15.5 Å². The number of hydrogen-bond donors (Lipinski definition) is 2. The molecule has 1 aromatic heterocycles. The van der Waals surface area contributed by atoms with Crippen molar-refractivity contribution in [2.45, 2.75) is 36.8 Å². The summed E-state index contributed by atoms with van der Waals surface area (Å²) in [5, 5.41) is 12.7. The molecule has 2 rings (SSSR count). The summed E-state index contributed by atoms with van der Waals surface area (Å²) in [4.78, 5) is 12.3. The van der Waals surface area contributed by atoms with E-state index in [1.165, 1.54) is 0 Å². The molecular formula is C17H21F3N4OS2. The van der Waals surface area contributed by atoms with Crippen LogP contribution in [0.15, 0.2) is 34.7 Å². The van der Waals surface area contributed by atoms with Crippen molar-refractivity contribution in [3.05, 3.63) is 35.9 Å². The van der Waals surface area contributed by atoms with Crippen molar-refractivity contribution in [3.63, 3.8) is 0 Å². The normalized spacial score (nSPS) is 12.8. The fourth-order valence-electron chi connectivity index (χ4n) is 2.31. The van der Waals surface area contributed by atoms with Gasteiger partial charge < -0.3 is 10.6 Å². The Kier molecular flexibility index (Phi) is 7.91. The van der Waals surface area contributed by atoms with Crippen LogP contribution < -0.4 is 10.6 Å². The van der Waals surface area contributed by atoms with Gasteiger partial charge in [0.25, 0.3) is 0 Å². The van der Waals surface area contributed by atoms with E-state index in [9.17, 15) is 18.0 Å². The summed E-state index contributed by atoms with van der Waals surface area (Å²) in [7, 11) is 0. The van der Waals surface area contributed by atoms with E-state index in [1.54, 1.807) is 0 Å². The third-order valence-electron chi connectivity index (χ3n) is 3.42. The van der Waals surface area contributed by atoms with E-state index in [2.05, 4.69) is 34.7 Å². The molecule has 2 N–H and O–H groups in total. The zero-order valence-electron chi connectivity index (χ0n) is 14.9. The van der Waals surface area contributed by atoms with Gasteiger partial charge in [-0.05, 0) is 17.9 Å². The quantitative estimate of drug-likeness (QED) is 0.587. The van der Waals surface area contributed by atoms with Gasteiger partial charge in [0.05, 0.1) is 11.8 Å². The number of benzene rings is 1. The van der Waals surface area contributed by atoms with Crippen molar-refractivity contribution in [1.29, 1.82) is 0 Å². The lowest BCUT2D eigenvalue weighted by Gasteiger charge is -2.21. The van der Waals surface area contributed by atoms with Gasteiger partial charge in [-0.3, -0.25) is 4.79 Å². The van der Waals surface area contributed by atoms with E-state index in [-0.39, 0.29) is 22.8 Å². The van der Waals surface area contributed by atoms with Crippen molar-refractivity contribution >= 4 is 34.1 Å². The predicted molar refractivity (Wildman–Crippen MR) is 102 cm³/mol. The number of nitrogens with zero attached hydrogens (tertiary/aromatic N) is 2. The number of thioether (sulfide) groups is 1. The maximum absolute atomic E-state index is 12.3. The van der Waals surface area contributed by atoms with Gasteiger partial charge in [-0.25, -0.2) is 0 Å². The Morgan fingerprint density at radius 2 is 1.93 bits per heavy atom. The minimum Gasteiger partial charge on any atom is -0.351 e. The summed E-state index contributed by atoms with van der Waals surface area (Å²) < 4.78 is 37.0. The van der Waals surface area contributed by atoms with Gasteiger partial charge in [-0.2, -0.15) is 13.2 Å². The first-order valence-corrected chi connectivity index (χ1v) is 10.1. The van der Waals surface area contributed by atoms with Gasteiger partial charge in [0.2, 0.25) is 11.0 Å². The number of carbonyl (C=O) groups is 1. The maximum atomic E-state index is 12.3. The second-order valence-corrected chi connectivity index (χ2v) is 8.49. The molecule has 0 aliphatic heterocycles. The van der Waals surface area contributed by atoms with Gasteiger partial charge in [0, 0.05) is 0 Å². The van der Waals surface area contributed by atoms with Crippen LogP contribution in [0.4, 0.5) is 18.3 Å². The first-order valence-electron chi connectivity index (χ1n) is 8.34. The number of halogens is 3. The largest absolute Gasteiger partial charge is 0.405 e. The SMILES string of the molecule is CC(C)CC(NC(=O)CSc1nnc(NCC(F)(F)F)s1)c1ccccc1. The molecule has 10 heteroatoms. The summed E-state index contributed by atoms with van der Waals surface area (Å²) in [6, 6.07) is 9.65. The Morgan fingerprint density at radius 3 is 2.56 bits per heavy atom. The van der Waals surface area contributed by atoms with E-state index >= 15 is 0 Å². The third kappa shape index (κ3) is 8.17. The molecule has 0 saturated carbocycles. The van der Waals surface area contributed by atoms with E-state index in [0.717, 1.165) is 35.1 Å². The lowest BCUT2D eigenvalue weighted by Crippen LogP contribution is -2.30. The molecular weight excluding hydrogens is 397 g/mol. The Labute approximate surface area is 164 Å². The van der Waals surface area contributed by atoms with Crippen LogP contribution in [0.1, 0.15) is 31.9 Å². The summed E-state index contributed by atoms with van der Waals surface area (Å²) in [6.45, 7) is 3.02. The van der Waals surface area contributed by atoms with Gasteiger partial charge in [-0.1, -0.05) is 67.3 Å². The standard InChI is InChI=1S/C17H21F3N4OS2/c1-11(2)8-13(12-6-4-3-5-7-12)22-14(25)9-26-16-24-23-15(27-16)21-10-17(18,19)20/h3-7,11,13H,8-10H2,1-2H3,(H,21,23)(H,22,25). The van der Waals surface area contributed by atoms with E-state index < -0.39 is 12.7 Å². The van der Waals surface area contributed by atoms with Gasteiger partial charge in [-0.15, -0.1) is 10.2 Å². The molecule has 0 bridgehead atoms. The van der Waals surface area contributed by atoms with Crippen molar-refractivity contribution in [2.24, 2.45) is 5.92 Å². The van der Waals surface area contributed by atoms with Crippen molar-refractivity contribution in [3.8, 4) is 0 Å². The lowest BCUT2D eigenvalue weighted by atomic mass is 9.97. The third-order valence-corrected chi connectivity index (χ3v) is 5.43. The summed E-state index contributed by atoms with van der Waals surface area (Å²) in [5.74, 6) is 0.373. The lowest BCUT2D eigenvalue weighted by molar-refractivity contribution is -0.119. The predicted octanol–water partition coefficient (Wildman–Crippen LogP) is 4.51. The molecule has 148 valence electrons. The van der Waals surface area contributed by atoms with Crippen LogP contribution in [-0.4, -0.2) is 34.6 Å². The average Bonchev–Trinajstić information content (AvgIpc) is 3.05. The number of rotatable bonds is 9. The van der Waals surface area contributed by atoms with Crippen LogP contribution in [0.5, 0.6) is 0 Å². The first-order chi connectivity index (χ1) is 12.7. The molecule has 0 fully saturated rings. The fraction of sp³-hybridized carbons (Fsp3) is 0.471. The molecule has 0 saturated heterocycles. The molecule has 2 aromatic rings. The number of carbonyl (C=O) groups excluding carboxylic acids is 1. The number of alkyl halides is 3. The first kappa shape index (κ1) is 21.5. The summed E-state index contributed by atoms with van der Waals surface area (Å²) in [6.07, 6.45) is -3.51. The zero-order chi connectivity index (χ0) is 19.9. The van der Waals surface area contributed by atoms with Crippen LogP contribution >= 0.6 is 23.1 Å². The summed E-state index contributed by atoms with van der Waals surface area (Å²) in [5.41, 5.74) is 1.04. The van der Waals surface area contributed by atoms with Crippen LogP contribution in [0, 0.1) is 5.92 Å². The molecule has 1 aromatic carbocycles. The molecule has 1 atom stereocenters. The molecule has 1 unspecified atom stereocenters. The Bertz CT molecular complexity index is 722. The molecule has 27 heavy (non-hydrogen) atoms. The highest BCUT2D eigenvalue weighted by molar-refractivity contribution is 8.01. The van der Waals surface area contributed by atoms with Crippen LogP contribution in [0.3, 0.4) is 0 Å². The van der Waals surface area contributed by atoms with Gasteiger partial charge in [0.1, 0.15) is 6.54 Å².